The molecule has 0 atom stereocenters. The minimum Gasteiger partial charge on any atom is -0.399 e. The van der Waals surface area contributed by atoms with E-state index in [1.807, 2.05) is 24.1 Å². The molecule has 4 N–H and O–H groups in total. The summed E-state index contributed by atoms with van der Waals surface area (Å²) in [6.45, 7) is 0.553. The summed E-state index contributed by atoms with van der Waals surface area (Å²) in [5.74, 6) is -0.563. The standard InChI is InChI=1S/C14H15ClN4O/c1-19(8-9-3-2-4-18-7-9)13-11(14(17)20)5-10(16)6-12(13)15/h2-7H,8,16H2,1H3,(H2,17,20). The summed E-state index contributed by atoms with van der Waals surface area (Å²) in [6.07, 6.45) is 3.46. The number of rotatable bonds is 4. The number of nitrogen functional groups attached to an aromatic ring is 1. The number of primary amides is 1. The van der Waals surface area contributed by atoms with E-state index in [0.717, 1.165) is 5.56 Å². The lowest BCUT2D eigenvalue weighted by Crippen LogP contribution is -2.22. The fourth-order valence-electron chi connectivity index (χ4n) is 2.04. The van der Waals surface area contributed by atoms with Crippen LogP contribution in [0.25, 0.3) is 0 Å². The van der Waals surface area contributed by atoms with Crippen LogP contribution in [-0.4, -0.2) is 17.9 Å². The minimum absolute atomic E-state index is 0.307. The molecule has 1 aromatic heterocycles. The highest BCUT2D eigenvalue weighted by Gasteiger charge is 2.17. The predicted molar refractivity (Wildman–Crippen MR) is 80.7 cm³/mol. The van der Waals surface area contributed by atoms with Crippen LogP contribution >= 0.6 is 11.6 Å². The largest absolute Gasteiger partial charge is 0.399 e. The predicted octanol–water partition coefficient (Wildman–Crippen LogP) is 2.05. The maximum atomic E-state index is 11.6. The maximum Gasteiger partial charge on any atom is 0.250 e. The second-order valence-corrected chi connectivity index (χ2v) is 4.89. The first-order valence-corrected chi connectivity index (χ1v) is 6.35. The van der Waals surface area contributed by atoms with E-state index in [0.29, 0.717) is 28.5 Å². The average molecular weight is 291 g/mol. The quantitative estimate of drug-likeness (QED) is 0.844. The maximum absolute atomic E-state index is 11.6. The summed E-state index contributed by atoms with van der Waals surface area (Å²) in [7, 11) is 1.83. The Kier molecular flexibility index (Phi) is 4.10. The summed E-state index contributed by atoms with van der Waals surface area (Å²) >= 11 is 6.19. The van der Waals surface area contributed by atoms with Crippen LogP contribution in [-0.2, 0) is 6.54 Å². The van der Waals surface area contributed by atoms with Gasteiger partial charge in [-0.2, -0.15) is 0 Å². The van der Waals surface area contributed by atoms with Crippen molar-refractivity contribution in [2.45, 2.75) is 6.54 Å². The van der Waals surface area contributed by atoms with E-state index >= 15 is 0 Å². The Hall–Kier alpha value is -2.27. The van der Waals surface area contributed by atoms with Gasteiger partial charge in [0.05, 0.1) is 16.3 Å². The lowest BCUT2D eigenvalue weighted by molar-refractivity contribution is 0.100. The summed E-state index contributed by atoms with van der Waals surface area (Å²) in [4.78, 5) is 17.5. The monoisotopic (exact) mass is 290 g/mol. The molecule has 0 aliphatic rings. The van der Waals surface area contributed by atoms with Gasteiger partial charge < -0.3 is 16.4 Å². The molecule has 1 heterocycles. The van der Waals surface area contributed by atoms with Gasteiger partial charge >= 0.3 is 0 Å². The van der Waals surface area contributed by atoms with E-state index in [9.17, 15) is 4.79 Å². The van der Waals surface area contributed by atoms with Crippen LogP contribution in [0.4, 0.5) is 11.4 Å². The Morgan fingerprint density at radius 2 is 2.20 bits per heavy atom. The van der Waals surface area contributed by atoms with Gasteiger partial charge in [0.2, 0.25) is 0 Å². The number of nitrogens with zero attached hydrogens (tertiary/aromatic N) is 2. The normalized spacial score (nSPS) is 10.3. The van der Waals surface area contributed by atoms with Gasteiger partial charge in [0.1, 0.15) is 0 Å². The number of carbonyl (C=O) groups is 1. The molecule has 0 spiro atoms. The molecule has 2 rings (SSSR count). The third kappa shape index (κ3) is 3.00. The van der Waals surface area contributed by atoms with Gasteiger partial charge in [-0.05, 0) is 23.8 Å². The molecule has 1 aromatic carbocycles. The van der Waals surface area contributed by atoms with Gasteiger partial charge in [0.25, 0.3) is 5.91 Å². The molecule has 104 valence electrons. The SMILES string of the molecule is CN(Cc1cccnc1)c1c(Cl)cc(N)cc1C(N)=O. The van der Waals surface area contributed by atoms with Crippen molar-refractivity contribution < 1.29 is 4.79 Å². The van der Waals surface area contributed by atoms with Crippen LogP contribution in [0.3, 0.4) is 0 Å². The first-order valence-electron chi connectivity index (χ1n) is 5.98. The number of amides is 1. The Bertz CT molecular complexity index is 631. The molecule has 5 nitrogen and oxygen atoms in total. The Balaban J connectivity index is 2.39. The third-order valence-corrected chi connectivity index (χ3v) is 3.16. The number of carbonyl (C=O) groups excluding carboxylic acids is 1. The molecule has 0 aliphatic heterocycles. The van der Waals surface area contributed by atoms with E-state index in [1.165, 1.54) is 6.07 Å². The zero-order valence-electron chi connectivity index (χ0n) is 11.0. The van der Waals surface area contributed by atoms with Crippen molar-refractivity contribution in [3.8, 4) is 0 Å². The Labute approximate surface area is 122 Å². The third-order valence-electron chi connectivity index (χ3n) is 2.88. The highest BCUT2D eigenvalue weighted by Crippen LogP contribution is 2.32. The molecule has 6 heteroatoms. The summed E-state index contributed by atoms with van der Waals surface area (Å²) < 4.78 is 0. The van der Waals surface area contributed by atoms with Gasteiger partial charge in [0.15, 0.2) is 0 Å². The van der Waals surface area contributed by atoms with Gasteiger partial charge in [-0.1, -0.05) is 17.7 Å². The van der Waals surface area contributed by atoms with E-state index in [2.05, 4.69) is 4.98 Å². The topological polar surface area (TPSA) is 85.2 Å². The van der Waals surface area contributed by atoms with Gasteiger partial charge in [-0.15, -0.1) is 0 Å². The molecule has 0 radical (unpaired) electrons. The van der Waals surface area contributed by atoms with Crippen LogP contribution in [0.15, 0.2) is 36.7 Å². The number of hydrogen-bond acceptors (Lipinski definition) is 4. The number of halogens is 1. The molecular weight excluding hydrogens is 276 g/mol. The van der Waals surface area contributed by atoms with E-state index < -0.39 is 5.91 Å². The second-order valence-electron chi connectivity index (χ2n) is 4.48. The van der Waals surface area contributed by atoms with Crippen molar-refractivity contribution in [2.24, 2.45) is 5.73 Å². The molecule has 2 aromatic rings. The van der Waals surface area contributed by atoms with Crippen molar-refractivity contribution in [3.63, 3.8) is 0 Å². The van der Waals surface area contributed by atoms with Gasteiger partial charge in [-0.25, -0.2) is 0 Å². The minimum atomic E-state index is -0.563. The first-order chi connectivity index (χ1) is 9.49. The highest BCUT2D eigenvalue weighted by molar-refractivity contribution is 6.34. The van der Waals surface area contributed by atoms with E-state index in [-0.39, 0.29) is 0 Å². The number of aromatic nitrogens is 1. The van der Waals surface area contributed by atoms with Crippen molar-refractivity contribution >= 4 is 28.9 Å². The Morgan fingerprint density at radius 1 is 1.45 bits per heavy atom. The van der Waals surface area contributed by atoms with Crippen LogP contribution in [0.1, 0.15) is 15.9 Å². The van der Waals surface area contributed by atoms with E-state index in [4.69, 9.17) is 23.1 Å². The Morgan fingerprint density at radius 3 is 2.80 bits per heavy atom. The molecule has 0 saturated heterocycles. The van der Waals surface area contributed by atoms with Gasteiger partial charge in [0, 0.05) is 31.7 Å². The zero-order valence-corrected chi connectivity index (χ0v) is 11.8. The van der Waals surface area contributed by atoms with Crippen LogP contribution < -0.4 is 16.4 Å². The number of hydrogen-bond donors (Lipinski definition) is 2. The summed E-state index contributed by atoms with van der Waals surface area (Å²) in [5, 5.41) is 0.394. The molecule has 20 heavy (non-hydrogen) atoms. The average Bonchev–Trinajstić information content (AvgIpc) is 2.38. The van der Waals surface area contributed by atoms with Crippen LogP contribution in [0.2, 0.25) is 5.02 Å². The van der Waals surface area contributed by atoms with Crippen molar-refractivity contribution in [3.05, 3.63) is 52.8 Å². The fraction of sp³-hybridized carbons (Fsp3) is 0.143. The molecule has 0 unspecified atom stereocenters. The smallest absolute Gasteiger partial charge is 0.250 e. The summed E-state index contributed by atoms with van der Waals surface area (Å²) in [5.41, 5.74) is 13.4. The second kappa shape index (κ2) is 5.79. The van der Waals surface area contributed by atoms with Gasteiger partial charge in [-0.3, -0.25) is 9.78 Å². The fourth-order valence-corrected chi connectivity index (χ4v) is 2.41. The molecule has 0 saturated carbocycles. The van der Waals surface area contributed by atoms with Crippen molar-refractivity contribution in [1.82, 2.24) is 4.98 Å². The van der Waals surface area contributed by atoms with Crippen LogP contribution in [0, 0.1) is 0 Å². The molecule has 1 amide bonds. The molecule has 0 aliphatic carbocycles. The summed E-state index contributed by atoms with van der Waals surface area (Å²) in [6, 6.07) is 6.92. The van der Waals surface area contributed by atoms with E-state index in [1.54, 1.807) is 18.5 Å². The molecular formula is C14H15ClN4O. The number of benzene rings is 1. The number of nitrogens with two attached hydrogens (primary N) is 2. The first kappa shape index (κ1) is 14.1. The van der Waals surface area contributed by atoms with Crippen LogP contribution in [0.5, 0.6) is 0 Å². The van der Waals surface area contributed by atoms with Crippen molar-refractivity contribution in [1.29, 1.82) is 0 Å². The lowest BCUT2D eigenvalue weighted by Gasteiger charge is -2.23. The molecule has 0 fully saturated rings. The number of anilines is 2. The lowest BCUT2D eigenvalue weighted by atomic mass is 10.1. The zero-order chi connectivity index (χ0) is 14.7. The van der Waals surface area contributed by atoms with Crippen molar-refractivity contribution in [2.75, 3.05) is 17.7 Å². The highest BCUT2D eigenvalue weighted by atomic mass is 35.5. The molecule has 0 bridgehead atoms. The number of pyridine rings is 1.